The van der Waals surface area contributed by atoms with Gasteiger partial charge in [-0.3, -0.25) is 4.79 Å². The molecule has 0 unspecified atom stereocenters. The molecule has 0 bridgehead atoms. The number of aromatic nitrogens is 4. The largest absolute Gasteiger partial charge is 0.390 e. The molecule has 8 nitrogen and oxygen atoms in total. The number of hydrogen-bond acceptors (Lipinski definition) is 5. The molecule has 1 saturated carbocycles. The van der Waals surface area contributed by atoms with Gasteiger partial charge < -0.3 is 20.0 Å². The molecule has 3 aromatic rings. The van der Waals surface area contributed by atoms with Crippen LogP contribution in [-0.2, 0) is 11.2 Å². The van der Waals surface area contributed by atoms with Crippen molar-refractivity contribution in [1.82, 2.24) is 24.8 Å². The number of nitriles is 1. The van der Waals surface area contributed by atoms with Crippen molar-refractivity contribution in [2.75, 3.05) is 6.54 Å². The topological polar surface area (TPSA) is 120 Å². The van der Waals surface area contributed by atoms with E-state index in [0.29, 0.717) is 25.3 Å². The highest BCUT2D eigenvalue weighted by atomic mass is 16.3. The third-order valence-electron chi connectivity index (χ3n) is 6.25. The van der Waals surface area contributed by atoms with E-state index in [1.54, 1.807) is 20.0 Å². The van der Waals surface area contributed by atoms with Crippen molar-refractivity contribution >= 4 is 28.0 Å². The summed E-state index contributed by atoms with van der Waals surface area (Å²) in [6, 6.07) is 4.56. The maximum atomic E-state index is 12.7. The van der Waals surface area contributed by atoms with Gasteiger partial charge in [-0.15, -0.1) is 0 Å². The van der Waals surface area contributed by atoms with Gasteiger partial charge in [-0.05, 0) is 57.9 Å². The fraction of sp³-hybridized carbons (Fsp3) is 0.565. The van der Waals surface area contributed by atoms with E-state index in [9.17, 15) is 9.90 Å². The van der Waals surface area contributed by atoms with Crippen molar-refractivity contribution in [1.29, 1.82) is 5.26 Å². The molecule has 1 aliphatic carbocycles. The summed E-state index contributed by atoms with van der Waals surface area (Å²) in [5.41, 5.74) is 1.82. The number of carbonyl (C=O) groups is 1. The maximum Gasteiger partial charge on any atom is 0.227 e. The van der Waals surface area contributed by atoms with Gasteiger partial charge in [-0.2, -0.15) is 5.26 Å². The van der Waals surface area contributed by atoms with Crippen LogP contribution < -0.4 is 5.32 Å². The van der Waals surface area contributed by atoms with E-state index < -0.39 is 5.60 Å². The number of nitrogens with zero attached hydrogens (tertiary/aromatic N) is 4. The van der Waals surface area contributed by atoms with Crippen molar-refractivity contribution in [2.45, 2.75) is 70.4 Å². The summed E-state index contributed by atoms with van der Waals surface area (Å²) < 4.78 is 2.24. The third-order valence-corrected chi connectivity index (χ3v) is 6.25. The Morgan fingerprint density at radius 2 is 2.16 bits per heavy atom. The summed E-state index contributed by atoms with van der Waals surface area (Å²) in [6.07, 6.45) is 8.89. The lowest BCUT2D eigenvalue weighted by atomic mass is 9.84. The first-order valence-corrected chi connectivity index (χ1v) is 11.0. The minimum absolute atomic E-state index is 0.0998. The molecule has 3 aromatic heterocycles. The van der Waals surface area contributed by atoms with Crippen molar-refractivity contribution in [3.63, 3.8) is 0 Å². The number of imidazole rings is 1. The van der Waals surface area contributed by atoms with Crippen LogP contribution in [0.4, 0.5) is 0 Å². The highest BCUT2D eigenvalue weighted by molar-refractivity contribution is 6.01. The van der Waals surface area contributed by atoms with Crippen LogP contribution in [0.25, 0.3) is 22.1 Å². The molecule has 1 fully saturated rings. The lowest BCUT2D eigenvalue weighted by Crippen LogP contribution is -2.32. The molecule has 0 atom stereocenters. The summed E-state index contributed by atoms with van der Waals surface area (Å²) in [7, 11) is 0. The highest BCUT2D eigenvalue weighted by Crippen LogP contribution is 2.37. The summed E-state index contributed by atoms with van der Waals surface area (Å²) >= 11 is 0. The normalized spacial score (nSPS) is 19.5. The van der Waals surface area contributed by atoms with Crippen molar-refractivity contribution in [3.8, 4) is 6.07 Å². The molecule has 1 aliphatic rings. The first-order chi connectivity index (χ1) is 14.9. The highest BCUT2D eigenvalue weighted by Gasteiger charge is 2.27. The second-order valence-electron chi connectivity index (χ2n) is 9.26. The van der Waals surface area contributed by atoms with Crippen LogP contribution in [-0.4, -0.2) is 42.7 Å². The predicted octanol–water partition coefficient (Wildman–Crippen LogP) is 3.38. The second-order valence-corrected chi connectivity index (χ2v) is 9.26. The molecular formula is C23H30N6O2. The van der Waals surface area contributed by atoms with E-state index in [1.807, 2.05) is 12.3 Å². The molecule has 0 radical (unpaired) electrons. The predicted molar refractivity (Wildman–Crippen MR) is 118 cm³/mol. The number of pyridine rings is 1. The van der Waals surface area contributed by atoms with E-state index in [-0.39, 0.29) is 18.4 Å². The molecule has 1 amide bonds. The molecule has 0 aromatic carbocycles. The van der Waals surface area contributed by atoms with Crippen molar-refractivity contribution < 1.29 is 9.90 Å². The van der Waals surface area contributed by atoms with Gasteiger partial charge in [0.25, 0.3) is 0 Å². The first kappa shape index (κ1) is 21.3. The fourth-order valence-corrected chi connectivity index (χ4v) is 4.61. The Hall–Kier alpha value is -2.92. The first-order valence-electron chi connectivity index (χ1n) is 11.0. The Bertz CT molecular complexity index is 1110. The average Bonchev–Trinajstić information content (AvgIpc) is 3.31. The fourth-order valence-electron chi connectivity index (χ4n) is 4.61. The molecule has 0 spiro atoms. The number of fused-ring (bicyclic) bond motifs is 3. The van der Waals surface area contributed by atoms with Crippen LogP contribution in [0.5, 0.6) is 0 Å². The number of amides is 1. The van der Waals surface area contributed by atoms with Crippen LogP contribution in [0, 0.1) is 17.2 Å². The minimum Gasteiger partial charge on any atom is -0.390 e. The molecule has 0 saturated heterocycles. The summed E-state index contributed by atoms with van der Waals surface area (Å²) in [4.78, 5) is 25.1. The summed E-state index contributed by atoms with van der Waals surface area (Å²) in [5.74, 6) is 1.10. The Kier molecular flexibility index (Phi) is 5.96. The van der Waals surface area contributed by atoms with Crippen molar-refractivity contribution in [2.24, 2.45) is 5.92 Å². The second kappa shape index (κ2) is 8.67. The van der Waals surface area contributed by atoms with E-state index in [4.69, 9.17) is 10.2 Å². The number of carbonyl (C=O) groups excluding carboxylic acids is 1. The zero-order valence-electron chi connectivity index (χ0n) is 18.2. The van der Waals surface area contributed by atoms with Gasteiger partial charge in [-0.25, -0.2) is 9.97 Å². The van der Waals surface area contributed by atoms with Gasteiger partial charge in [0.2, 0.25) is 5.91 Å². The van der Waals surface area contributed by atoms with E-state index >= 15 is 0 Å². The standard InChI is InChI=1S/C23H30N6O2/c1-23(2,31)9-12-25-20(30)13-19-28-18-14-27-22-17(8-11-26-22)21(18)29(19)16-5-3-15(4-6-16)7-10-24/h8,11,14-16,31H,3-7,9,12-13H2,1-2H3,(H,25,30)(H,26,27)/t15-,16-. The molecule has 31 heavy (non-hydrogen) atoms. The quantitative estimate of drug-likeness (QED) is 0.539. The molecule has 164 valence electrons. The number of rotatable bonds is 7. The maximum absolute atomic E-state index is 12.7. The van der Waals surface area contributed by atoms with Crippen LogP contribution >= 0.6 is 0 Å². The zero-order valence-corrected chi connectivity index (χ0v) is 18.2. The SMILES string of the molecule is CC(C)(O)CCNC(=O)Cc1nc2cnc3[nH]ccc3c2n1[C@H]1CC[C@H](CC#N)CC1. The monoisotopic (exact) mass is 422 g/mol. The van der Waals surface area contributed by atoms with Gasteiger partial charge in [0, 0.05) is 30.6 Å². The molecule has 8 heteroatoms. The molecule has 0 aliphatic heterocycles. The Morgan fingerprint density at radius 3 is 2.87 bits per heavy atom. The summed E-state index contributed by atoms with van der Waals surface area (Å²) in [5, 5.41) is 22.8. The van der Waals surface area contributed by atoms with Crippen LogP contribution in [0.1, 0.15) is 64.2 Å². The van der Waals surface area contributed by atoms with E-state index in [1.165, 1.54) is 0 Å². The Balaban J connectivity index is 1.63. The van der Waals surface area contributed by atoms with Gasteiger partial charge in [0.1, 0.15) is 17.0 Å². The smallest absolute Gasteiger partial charge is 0.227 e. The third kappa shape index (κ3) is 4.72. The lowest BCUT2D eigenvalue weighted by Gasteiger charge is -2.30. The van der Waals surface area contributed by atoms with E-state index in [0.717, 1.165) is 53.6 Å². The minimum atomic E-state index is -0.811. The molecular weight excluding hydrogens is 392 g/mol. The summed E-state index contributed by atoms with van der Waals surface area (Å²) in [6.45, 7) is 3.89. The number of aromatic amines is 1. The zero-order chi connectivity index (χ0) is 22.0. The number of hydrogen-bond donors (Lipinski definition) is 3. The van der Waals surface area contributed by atoms with Crippen molar-refractivity contribution in [3.05, 3.63) is 24.3 Å². The molecule has 3 N–H and O–H groups in total. The lowest BCUT2D eigenvalue weighted by molar-refractivity contribution is -0.120. The van der Waals surface area contributed by atoms with Gasteiger partial charge in [-0.1, -0.05) is 0 Å². The number of aliphatic hydroxyl groups is 1. The van der Waals surface area contributed by atoms with Crippen LogP contribution in [0.3, 0.4) is 0 Å². The van der Waals surface area contributed by atoms with Gasteiger partial charge in [0.05, 0.1) is 29.8 Å². The van der Waals surface area contributed by atoms with E-state index in [2.05, 4.69) is 25.9 Å². The molecule has 3 heterocycles. The average molecular weight is 423 g/mol. The molecule has 4 rings (SSSR count). The Labute approximate surface area is 181 Å². The number of nitrogens with one attached hydrogen (secondary N) is 2. The van der Waals surface area contributed by atoms with Gasteiger partial charge >= 0.3 is 0 Å². The number of H-pyrrole nitrogens is 1. The van der Waals surface area contributed by atoms with Crippen LogP contribution in [0.2, 0.25) is 0 Å². The van der Waals surface area contributed by atoms with Gasteiger partial charge in [0.15, 0.2) is 0 Å². The Morgan fingerprint density at radius 1 is 1.39 bits per heavy atom. The van der Waals surface area contributed by atoms with Crippen LogP contribution in [0.15, 0.2) is 18.5 Å².